The Morgan fingerprint density at radius 2 is 2.00 bits per heavy atom. The molecule has 1 unspecified atom stereocenters. The van der Waals surface area contributed by atoms with Gasteiger partial charge in [-0.15, -0.1) is 12.4 Å². The van der Waals surface area contributed by atoms with Crippen molar-refractivity contribution < 1.29 is 10.2 Å². The van der Waals surface area contributed by atoms with Crippen LogP contribution >= 0.6 is 12.4 Å². The highest BCUT2D eigenvalue weighted by molar-refractivity contribution is 5.85. The van der Waals surface area contributed by atoms with Gasteiger partial charge in [0, 0.05) is 6.04 Å². The molecule has 1 aromatic rings. The summed E-state index contributed by atoms with van der Waals surface area (Å²) in [5.41, 5.74) is 1.09. The van der Waals surface area contributed by atoms with Gasteiger partial charge in [-0.3, -0.25) is 0 Å². The van der Waals surface area contributed by atoms with Crippen LogP contribution in [-0.4, -0.2) is 34.7 Å². The summed E-state index contributed by atoms with van der Waals surface area (Å²) < 4.78 is 0. The number of likely N-dealkylation sites (tertiary alicyclic amines) is 1. The van der Waals surface area contributed by atoms with Crippen LogP contribution in [0.1, 0.15) is 24.8 Å². The first-order chi connectivity index (χ1) is 7.66. The number of likely N-dealkylation sites (N-methyl/N-ethyl adjacent to an activating group) is 1. The minimum Gasteiger partial charge on any atom is -0.504 e. The summed E-state index contributed by atoms with van der Waals surface area (Å²) in [6.07, 6.45) is 4.75. The van der Waals surface area contributed by atoms with Crippen molar-refractivity contribution in [2.45, 2.75) is 31.7 Å². The van der Waals surface area contributed by atoms with E-state index < -0.39 is 0 Å². The predicted molar refractivity (Wildman–Crippen MR) is 71.0 cm³/mol. The van der Waals surface area contributed by atoms with Gasteiger partial charge in [-0.1, -0.05) is 12.5 Å². The zero-order valence-electron chi connectivity index (χ0n) is 10.1. The van der Waals surface area contributed by atoms with Crippen molar-refractivity contribution in [3.05, 3.63) is 23.8 Å². The molecule has 1 aliphatic heterocycles. The van der Waals surface area contributed by atoms with Gasteiger partial charge in [-0.05, 0) is 50.6 Å². The van der Waals surface area contributed by atoms with Crippen LogP contribution in [0.4, 0.5) is 0 Å². The SMILES string of the molecule is CN1CCCCC1Cc1ccc(O)c(O)c1.Cl. The number of nitrogens with zero attached hydrogens (tertiary/aromatic N) is 1. The van der Waals surface area contributed by atoms with Crippen LogP contribution < -0.4 is 0 Å². The number of halogens is 1. The third kappa shape index (κ3) is 3.51. The average Bonchev–Trinajstić information content (AvgIpc) is 2.27. The van der Waals surface area contributed by atoms with Gasteiger partial charge in [0.2, 0.25) is 0 Å². The lowest BCUT2D eigenvalue weighted by Crippen LogP contribution is -2.37. The Labute approximate surface area is 108 Å². The van der Waals surface area contributed by atoms with Gasteiger partial charge in [0.15, 0.2) is 11.5 Å². The lowest BCUT2D eigenvalue weighted by molar-refractivity contribution is 0.184. The second kappa shape index (κ2) is 6.12. The van der Waals surface area contributed by atoms with Gasteiger partial charge >= 0.3 is 0 Å². The number of phenolic OH excluding ortho intramolecular Hbond substituents is 2. The molecule has 1 heterocycles. The van der Waals surface area contributed by atoms with Crippen LogP contribution in [0.2, 0.25) is 0 Å². The molecular weight excluding hydrogens is 238 g/mol. The summed E-state index contributed by atoms with van der Waals surface area (Å²) in [4.78, 5) is 2.38. The van der Waals surface area contributed by atoms with Crippen molar-refractivity contribution in [1.82, 2.24) is 4.90 Å². The molecule has 0 radical (unpaired) electrons. The lowest BCUT2D eigenvalue weighted by atomic mass is 9.96. The highest BCUT2D eigenvalue weighted by atomic mass is 35.5. The fourth-order valence-corrected chi connectivity index (χ4v) is 2.37. The summed E-state index contributed by atoms with van der Waals surface area (Å²) in [6, 6.07) is 5.68. The largest absolute Gasteiger partial charge is 0.504 e. The quantitative estimate of drug-likeness (QED) is 0.801. The molecular formula is C13H20ClNO2. The van der Waals surface area contributed by atoms with Crippen LogP contribution in [0.5, 0.6) is 11.5 Å². The molecule has 1 fully saturated rings. The van der Waals surface area contributed by atoms with E-state index in [9.17, 15) is 10.2 Å². The van der Waals surface area contributed by atoms with E-state index in [1.165, 1.54) is 19.3 Å². The van der Waals surface area contributed by atoms with Crippen molar-refractivity contribution in [3.63, 3.8) is 0 Å². The Morgan fingerprint density at radius 1 is 1.24 bits per heavy atom. The van der Waals surface area contributed by atoms with Crippen molar-refractivity contribution in [2.75, 3.05) is 13.6 Å². The molecule has 1 atom stereocenters. The fraction of sp³-hybridized carbons (Fsp3) is 0.538. The monoisotopic (exact) mass is 257 g/mol. The molecule has 0 saturated carbocycles. The summed E-state index contributed by atoms with van der Waals surface area (Å²) >= 11 is 0. The Balaban J connectivity index is 0.00000144. The smallest absolute Gasteiger partial charge is 0.157 e. The van der Waals surface area contributed by atoms with E-state index >= 15 is 0 Å². The maximum Gasteiger partial charge on any atom is 0.157 e. The third-order valence-corrected chi connectivity index (χ3v) is 3.43. The topological polar surface area (TPSA) is 43.7 Å². The molecule has 0 bridgehead atoms. The first-order valence-electron chi connectivity index (χ1n) is 5.88. The number of benzene rings is 1. The molecule has 1 aromatic carbocycles. The third-order valence-electron chi connectivity index (χ3n) is 3.43. The maximum atomic E-state index is 9.43. The van der Waals surface area contributed by atoms with E-state index in [1.54, 1.807) is 12.1 Å². The second-order valence-corrected chi connectivity index (χ2v) is 4.66. The molecule has 0 amide bonds. The van der Waals surface area contributed by atoms with E-state index in [-0.39, 0.29) is 23.9 Å². The summed E-state index contributed by atoms with van der Waals surface area (Å²) in [5, 5.41) is 18.7. The molecule has 3 nitrogen and oxygen atoms in total. The molecule has 0 spiro atoms. The zero-order chi connectivity index (χ0) is 11.5. The van der Waals surface area contributed by atoms with Gasteiger partial charge in [0.1, 0.15) is 0 Å². The average molecular weight is 258 g/mol. The van der Waals surface area contributed by atoms with Crippen molar-refractivity contribution in [3.8, 4) is 11.5 Å². The first-order valence-corrected chi connectivity index (χ1v) is 5.88. The minimum absolute atomic E-state index is 0. The van der Waals surface area contributed by atoms with Crippen LogP contribution in [-0.2, 0) is 6.42 Å². The summed E-state index contributed by atoms with van der Waals surface area (Å²) in [6.45, 7) is 1.16. The molecule has 2 N–H and O–H groups in total. The highest BCUT2D eigenvalue weighted by Crippen LogP contribution is 2.27. The molecule has 4 heteroatoms. The molecule has 2 rings (SSSR count). The lowest BCUT2D eigenvalue weighted by Gasteiger charge is -2.32. The highest BCUT2D eigenvalue weighted by Gasteiger charge is 2.19. The molecule has 17 heavy (non-hydrogen) atoms. The van der Waals surface area contributed by atoms with Crippen LogP contribution in [0.3, 0.4) is 0 Å². The standard InChI is InChI=1S/C13H19NO2.ClH/c1-14-7-3-2-4-11(14)8-10-5-6-12(15)13(16)9-10;/h5-6,9,11,15-16H,2-4,7-8H2,1H3;1H. The maximum absolute atomic E-state index is 9.43. The number of rotatable bonds is 2. The van der Waals surface area contributed by atoms with Gasteiger partial charge in [-0.25, -0.2) is 0 Å². The Bertz CT molecular complexity index is 370. The van der Waals surface area contributed by atoms with Gasteiger partial charge in [0.05, 0.1) is 0 Å². The Morgan fingerprint density at radius 3 is 2.65 bits per heavy atom. The Hall–Kier alpha value is -0.930. The van der Waals surface area contributed by atoms with E-state index in [2.05, 4.69) is 11.9 Å². The van der Waals surface area contributed by atoms with Crippen molar-refractivity contribution in [1.29, 1.82) is 0 Å². The van der Waals surface area contributed by atoms with E-state index in [4.69, 9.17) is 0 Å². The van der Waals surface area contributed by atoms with E-state index in [0.717, 1.165) is 18.5 Å². The number of aromatic hydroxyl groups is 2. The van der Waals surface area contributed by atoms with Crippen molar-refractivity contribution in [2.24, 2.45) is 0 Å². The molecule has 1 aliphatic rings. The first kappa shape index (κ1) is 14.1. The van der Waals surface area contributed by atoms with Crippen LogP contribution in [0, 0.1) is 0 Å². The molecule has 0 aliphatic carbocycles. The van der Waals surface area contributed by atoms with Gasteiger partial charge in [0.25, 0.3) is 0 Å². The number of hydrogen-bond donors (Lipinski definition) is 2. The molecule has 1 saturated heterocycles. The predicted octanol–water partition coefficient (Wildman–Crippen LogP) is 2.55. The van der Waals surface area contributed by atoms with Crippen molar-refractivity contribution >= 4 is 12.4 Å². The normalized spacial score (nSPS) is 20.9. The van der Waals surface area contributed by atoms with E-state index in [1.807, 2.05) is 6.07 Å². The Kier molecular flexibility index (Phi) is 5.09. The van der Waals surface area contributed by atoms with Gasteiger partial charge in [-0.2, -0.15) is 0 Å². The van der Waals surface area contributed by atoms with E-state index in [0.29, 0.717) is 6.04 Å². The zero-order valence-corrected chi connectivity index (χ0v) is 10.9. The summed E-state index contributed by atoms with van der Waals surface area (Å²) in [5.74, 6) is -0.0586. The second-order valence-electron chi connectivity index (χ2n) is 4.66. The minimum atomic E-state index is -0.0410. The number of piperidine rings is 1. The number of hydrogen-bond acceptors (Lipinski definition) is 3. The molecule has 0 aromatic heterocycles. The summed E-state index contributed by atoms with van der Waals surface area (Å²) in [7, 11) is 2.16. The number of phenols is 2. The van der Waals surface area contributed by atoms with Crippen LogP contribution in [0.25, 0.3) is 0 Å². The molecule has 96 valence electrons. The fourth-order valence-electron chi connectivity index (χ4n) is 2.37. The van der Waals surface area contributed by atoms with Crippen LogP contribution in [0.15, 0.2) is 18.2 Å². The van der Waals surface area contributed by atoms with Gasteiger partial charge < -0.3 is 15.1 Å².